The lowest BCUT2D eigenvalue weighted by atomic mass is 9.79. The second-order valence-electron chi connectivity index (χ2n) is 7.63. The van der Waals surface area contributed by atoms with Crippen molar-refractivity contribution >= 4 is 9.84 Å². The molecule has 120 valence electrons. The molecule has 0 radical (unpaired) electrons. The van der Waals surface area contributed by atoms with Crippen LogP contribution in [0.1, 0.15) is 53.4 Å². The highest BCUT2D eigenvalue weighted by molar-refractivity contribution is 7.90. The molecule has 1 fully saturated rings. The van der Waals surface area contributed by atoms with Crippen LogP contribution in [0.5, 0.6) is 0 Å². The average Bonchev–Trinajstić information content (AvgIpc) is 2.26. The topological polar surface area (TPSA) is 57.6 Å². The van der Waals surface area contributed by atoms with Gasteiger partial charge in [0.25, 0.3) is 0 Å². The average molecular weight is 305 g/mol. The van der Waals surface area contributed by atoms with Crippen LogP contribution < -0.4 is 0 Å². The maximum Gasteiger partial charge on any atom is 0.148 e. The molecule has 0 spiro atoms. The Labute approximate surface area is 124 Å². The third-order valence-corrected chi connectivity index (χ3v) is 5.29. The lowest BCUT2D eigenvalue weighted by molar-refractivity contribution is -0.0521. The Morgan fingerprint density at radius 1 is 1.25 bits per heavy atom. The quantitative estimate of drug-likeness (QED) is 0.845. The molecule has 0 atom stereocenters. The smallest absolute Gasteiger partial charge is 0.148 e. The molecule has 0 saturated heterocycles. The molecule has 1 N–H and O–H groups in total. The van der Waals surface area contributed by atoms with Crippen LogP contribution >= 0.6 is 0 Å². The van der Waals surface area contributed by atoms with Gasteiger partial charge in [0.1, 0.15) is 9.84 Å². The lowest BCUT2D eigenvalue weighted by Gasteiger charge is -2.44. The monoisotopic (exact) mass is 305 g/mol. The molecule has 0 heterocycles. The zero-order chi connectivity index (χ0) is 15.6. The molecule has 0 amide bonds. The molecular weight excluding hydrogens is 274 g/mol. The summed E-state index contributed by atoms with van der Waals surface area (Å²) in [6.45, 7) is 9.50. The van der Waals surface area contributed by atoms with Crippen LogP contribution in [-0.4, -0.2) is 54.7 Å². The fraction of sp³-hybridized carbons (Fsp3) is 1.00. The fourth-order valence-corrected chi connectivity index (χ4v) is 3.29. The van der Waals surface area contributed by atoms with Crippen molar-refractivity contribution in [3.8, 4) is 0 Å². The summed E-state index contributed by atoms with van der Waals surface area (Å²) in [6, 6.07) is 0. The van der Waals surface area contributed by atoms with E-state index < -0.39 is 15.4 Å². The van der Waals surface area contributed by atoms with Crippen LogP contribution in [0.4, 0.5) is 0 Å². The van der Waals surface area contributed by atoms with Gasteiger partial charge in [-0.2, -0.15) is 0 Å². The lowest BCUT2D eigenvalue weighted by Crippen LogP contribution is -2.53. The molecule has 0 unspecified atom stereocenters. The van der Waals surface area contributed by atoms with Gasteiger partial charge in [0.2, 0.25) is 0 Å². The molecule has 1 aliphatic carbocycles. The molecule has 0 bridgehead atoms. The molecule has 5 heteroatoms. The van der Waals surface area contributed by atoms with Gasteiger partial charge in [-0.3, -0.25) is 4.90 Å². The minimum atomic E-state index is -2.97. The Hall–Kier alpha value is -0.130. The summed E-state index contributed by atoms with van der Waals surface area (Å²) in [5.41, 5.74) is -0.791. The summed E-state index contributed by atoms with van der Waals surface area (Å²) >= 11 is 0. The largest absolute Gasteiger partial charge is 0.389 e. The van der Waals surface area contributed by atoms with E-state index in [-0.39, 0.29) is 11.3 Å². The number of aliphatic hydroxyl groups is 1. The van der Waals surface area contributed by atoms with Crippen LogP contribution in [0, 0.1) is 5.92 Å². The number of nitrogens with zero attached hydrogens (tertiary/aromatic N) is 1. The van der Waals surface area contributed by atoms with Crippen molar-refractivity contribution in [3.63, 3.8) is 0 Å². The van der Waals surface area contributed by atoms with Gasteiger partial charge < -0.3 is 5.11 Å². The van der Waals surface area contributed by atoms with E-state index >= 15 is 0 Å². The van der Waals surface area contributed by atoms with Crippen molar-refractivity contribution < 1.29 is 13.5 Å². The second-order valence-corrected chi connectivity index (χ2v) is 9.89. The Kier molecular flexibility index (Phi) is 5.67. The van der Waals surface area contributed by atoms with Gasteiger partial charge in [-0.15, -0.1) is 0 Å². The van der Waals surface area contributed by atoms with E-state index in [9.17, 15) is 13.5 Å². The van der Waals surface area contributed by atoms with Gasteiger partial charge in [-0.05, 0) is 52.4 Å². The van der Waals surface area contributed by atoms with Gasteiger partial charge in [0.15, 0.2) is 0 Å². The summed E-state index contributed by atoms with van der Waals surface area (Å²) in [5.74, 6) is 0.839. The SMILES string of the molecule is CC1CCC(O)(CN(CCS(C)(=O)=O)C(C)(C)C)CC1. The molecule has 0 aromatic rings. The maximum absolute atomic E-state index is 11.4. The molecule has 0 aliphatic heterocycles. The zero-order valence-corrected chi connectivity index (χ0v) is 14.5. The first kappa shape index (κ1) is 17.9. The molecule has 1 rings (SSSR count). The predicted molar refractivity (Wildman–Crippen MR) is 83.6 cm³/mol. The van der Waals surface area contributed by atoms with E-state index in [0.717, 1.165) is 25.7 Å². The van der Waals surface area contributed by atoms with Crippen LogP contribution in [0.25, 0.3) is 0 Å². The van der Waals surface area contributed by atoms with Crippen LogP contribution in [0.15, 0.2) is 0 Å². The van der Waals surface area contributed by atoms with Crippen molar-refractivity contribution in [1.29, 1.82) is 0 Å². The number of hydrogen-bond acceptors (Lipinski definition) is 4. The summed E-state index contributed by atoms with van der Waals surface area (Å²) in [5, 5.41) is 10.8. The Morgan fingerprint density at radius 2 is 1.75 bits per heavy atom. The normalized spacial score (nSPS) is 28.9. The van der Waals surface area contributed by atoms with E-state index in [2.05, 4.69) is 32.6 Å². The Balaban J connectivity index is 2.70. The number of β-amino-alcohol motifs (C(OH)–C–C–N with tert-alkyl or cyclic N) is 1. The highest BCUT2D eigenvalue weighted by Gasteiger charge is 2.36. The minimum absolute atomic E-state index is 0.135. The van der Waals surface area contributed by atoms with E-state index in [1.54, 1.807) is 0 Å². The van der Waals surface area contributed by atoms with Crippen molar-refractivity contribution in [2.45, 2.75) is 64.5 Å². The van der Waals surface area contributed by atoms with Gasteiger partial charge in [-0.25, -0.2) is 8.42 Å². The molecular formula is C15H31NO3S. The first-order valence-corrected chi connectivity index (χ1v) is 9.62. The van der Waals surface area contributed by atoms with Crippen molar-refractivity contribution in [2.24, 2.45) is 5.92 Å². The highest BCUT2D eigenvalue weighted by Crippen LogP contribution is 2.33. The van der Waals surface area contributed by atoms with Gasteiger partial charge in [-0.1, -0.05) is 6.92 Å². The Morgan fingerprint density at radius 3 is 2.15 bits per heavy atom. The summed E-state index contributed by atoms with van der Waals surface area (Å²) in [4.78, 5) is 2.12. The summed E-state index contributed by atoms with van der Waals surface area (Å²) in [6.07, 6.45) is 5.02. The molecule has 20 heavy (non-hydrogen) atoms. The third kappa shape index (κ3) is 6.10. The van der Waals surface area contributed by atoms with Gasteiger partial charge >= 0.3 is 0 Å². The first-order chi connectivity index (χ1) is 8.91. The zero-order valence-electron chi connectivity index (χ0n) is 13.6. The summed E-state index contributed by atoms with van der Waals surface area (Å²) in [7, 11) is -2.97. The van der Waals surface area contributed by atoms with E-state index in [0.29, 0.717) is 19.0 Å². The van der Waals surface area contributed by atoms with Crippen molar-refractivity contribution in [3.05, 3.63) is 0 Å². The van der Waals surface area contributed by atoms with Crippen LogP contribution in [0.2, 0.25) is 0 Å². The third-order valence-electron chi connectivity index (χ3n) is 4.37. The molecule has 4 nitrogen and oxygen atoms in total. The van der Waals surface area contributed by atoms with E-state index in [1.165, 1.54) is 6.26 Å². The molecule has 0 aromatic carbocycles. The maximum atomic E-state index is 11.4. The molecule has 1 saturated carbocycles. The molecule has 0 aromatic heterocycles. The predicted octanol–water partition coefficient (Wildman–Crippen LogP) is 2.07. The number of sulfone groups is 1. The first-order valence-electron chi connectivity index (χ1n) is 7.56. The van der Waals surface area contributed by atoms with Crippen LogP contribution in [-0.2, 0) is 9.84 Å². The van der Waals surface area contributed by atoms with Gasteiger partial charge in [0.05, 0.1) is 11.4 Å². The standard InChI is InChI=1S/C15H31NO3S/c1-13-6-8-15(17,9-7-13)12-16(14(2,3)4)10-11-20(5,18)19/h13,17H,6-12H2,1-5H3. The van der Waals surface area contributed by atoms with E-state index in [4.69, 9.17) is 0 Å². The van der Waals surface area contributed by atoms with Crippen molar-refractivity contribution in [1.82, 2.24) is 4.90 Å². The van der Waals surface area contributed by atoms with E-state index in [1.807, 2.05) is 0 Å². The summed E-state index contributed by atoms with van der Waals surface area (Å²) < 4.78 is 22.8. The van der Waals surface area contributed by atoms with Gasteiger partial charge in [0, 0.05) is 24.9 Å². The highest BCUT2D eigenvalue weighted by atomic mass is 32.2. The number of hydrogen-bond donors (Lipinski definition) is 1. The number of rotatable bonds is 5. The minimum Gasteiger partial charge on any atom is -0.389 e. The van der Waals surface area contributed by atoms with Crippen LogP contribution in [0.3, 0.4) is 0 Å². The molecule has 1 aliphatic rings. The Bertz CT molecular complexity index is 403. The fourth-order valence-electron chi connectivity index (χ4n) is 2.74. The van der Waals surface area contributed by atoms with Crippen molar-refractivity contribution in [2.75, 3.05) is 25.1 Å². The second kappa shape index (κ2) is 6.32.